The molecule has 2 heteroatoms. The van der Waals surface area contributed by atoms with Crippen molar-refractivity contribution in [3.05, 3.63) is 88.9 Å². The summed E-state index contributed by atoms with van der Waals surface area (Å²) in [6.45, 7) is 4.54. The summed E-state index contributed by atoms with van der Waals surface area (Å²) in [5, 5.41) is 4.24. The maximum atomic E-state index is 3.77. The number of benzene rings is 3. The standard InChI is InChI=1S/C21H20BrP/c1-16(2)21-19(22)14-9-15-20(21)23(17-10-5-3-6-11-17)18-12-7-4-8-13-18/h3-16H,1-2H3. The first-order valence-electron chi connectivity index (χ1n) is 7.87. The van der Waals surface area contributed by atoms with E-state index in [2.05, 4.69) is 109 Å². The minimum Gasteiger partial charge on any atom is -0.0622 e. The first-order chi connectivity index (χ1) is 11.2. The third kappa shape index (κ3) is 3.57. The van der Waals surface area contributed by atoms with Crippen molar-refractivity contribution >= 4 is 39.8 Å². The molecule has 116 valence electrons. The van der Waals surface area contributed by atoms with Crippen molar-refractivity contribution in [3.63, 3.8) is 0 Å². The van der Waals surface area contributed by atoms with Crippen LogP contribution in [0.25, 0.3) is 0 Å². The summed E-state index contributed by atoms with van der Waals surface area (Å²) in [6, 6.07) is 28.4. The first kappa shape index (κ1) is 16.4. The lowest BCUT2D eigenvalue weighted by Gasteiger charge is -2.24. The van der Waals surface area contributed by atoms with Crippen LogP contribution in [0.1, 0.15) is 25.3 Å². The summed E-state index contributed by atoms with van der Waals surface area (Å²) in [7, 11) is -0.545. The summed E-state index contributed by atoms with van der Waals surface area (Å²) in [6.07, 6.45) is 0. The predicted octanol–water partition coefficient (Wildman–Crippen LogP) is 5.33. The third-order valence-electron chi connectivity index (χ3n) is 3.88. The lowest BCUT2D eigenvalue weighted by molar-refractivity contribution is 0.868. The minimum atomic E-state index is -0.545. The lowest BCUT2D eigenvalue weighted by Crippen LogP contribution is -2.24. The van der Waals surface area contributed by atoms with Gasteiger partial charge in [-0.25, -0.2) is 0 Å². The van der Waals surface area contributed by atoms with Gasteiger partial charge in [-0.2, -0.15) is 0 Å². The van der Waals surface area contributed by atoms with Gasteiger partial charge in [-0.05, 0) is 41.4 Å². The van der Waals surface area contributed by atoms with Gasteiger partial charge in [0.2, 0.25) is 0 Å². The SMILES string of the molecule is CC(C)c1c(Br)cccc1P(c1ccccc1)c1ccccc1. The largest absolute Gasteiger partial charge is 0.0622 e. The molecule has 0 saturated carbocycles. The molecule has 0 nitrogen and oxygen atoms in total. The van der Waals surface area contributed by atoms with Crippen LogP contribution in [0.4, 0.5) is 0 Å². The molecule has 0 aliphatic carbocycles. The number of halogens is 1. The topological polar surface area (TPSA) is 0 Å². The fourth-order valence-electron chi connectivity index (χ4n) is 2.87. The highest BCUT2D eigenvalue weighted by Crippen LogP contribution is 2.38. The van der Waals surface area contributed by atoms with Crippen molar-refractivity contribution in [1.82, 2.24) is 0 Å². The smallest absolute Gasteiger partial charge is 0.0216 e. The number of rotatable bonds is 4. The molecule has 0 atom stereocenters. The van der Waals surface area contributed by atoms with Gasteiger partial charge in [-0.3, -0.25) is 0 Å². The summed E-state index contributed by atoms with van der Waals surface area (Å²) in [5.74, 6) is 0.484. The lowest BCUT2D eigenvalue weighted by atomic mass is 10.0. The van der Waals surface area contributed by atoms with Gasteiger partial charge in [-0.15, -0.1) is 0 Å². The van der Waals surface area contributed by atoms with E-state index in [1.54, 1.807) is 0 Å². The molecule has 0 fully saturated rings. The van der Waals surface area contributed by atoms with Crippen LogP contribution >= 0.6 is 23.9 Å². The monoisotopic (exact) mass is 382 g/mol. The maximum absolute atomic E-state index is 3.77. The van der Waals surface area contributed by atoms with Crippen LogP contribution in [0.15, 0.2) is 83.3 Å². The van der Waals surface area contributed by atoms with Gasteiger partial charge in [-0.1, -0.05) is 103 Å². The maximum Gasteiger partial charge on any atom is 0.0216 e. The molecular weight excluding hydrogens is 363 g/mol. The molecule has 0 bridgehead atoms. The van der Waals surface area contributed by atoms with Crippen molar-refractivity contribution in [2.45, 2.75) is 19.8 Å². The van der Waals surface area contributed by atoms with E-state index in [-0.39, 0.29) is 0 Å². The second-order valence-electron chi connectivity index (χ2n) is 5.83. The van der Waals surface area contributed by atoms with Crippen molar-refractivity contribution in [3.8, 4) is 0 Å². The van der Waals surface area contributed by atoms with Gasteiger partial charge in [0.15, 0.2) is 0 Å². The van der Waals surface area contributed by atoms with Crippen LogP contribution in [0.3, 0.4) is 0 Å². The minimum absolute atomic E-state index is 0.484. The zero-order chi connectivity index (χ0) is 16.2. The van der Waals surface area contributed by atoms with Crippen LogP contribution in [0.5, 0.6) is 0 Å². The molecule has 0 heterocycles. The highest BCUT2D eigenvalue weighted by atomic mass is 79.9. The summed E-state index contributed by atoms with van der Waals surface area (Å²) >= 11 is 3.77. The molecule has 0 aliphatic rings. The van der Waals surface area contributed by atoms with Crippen molar-refractivity contribution in [2.75, 3.05) is 0 Å². The van der Waals surface area contributed by atoms with Gasteiger partial charge in [0.05, 0.1) is 0 Å². The molecule has 0 saturated heterocycles. The molecule has 0 N–H and O–H groups in total. The van der Waals surface area contributed by atoms with Gasteiger partial charge in [0.25, 0.3) is 0 Å². The second kappa shape index (κ2) is 7.43. The van der Waals surface area contributed by atoms with Crippen molar-refractivity contribution in [1.29, 1.82) is 0 Å². The van der Waals surface area contributed by atoms with E-state index in [0.29, 0.717) is 5.92 Å². The highest BCUT2D eigenvalue weighted by Gasteiger charge is 2.21. The van der Waals surface area contributed by atoms with E-state index < -0.39 is 7.92 Å². The van der Waals surface area contributed by atoms with Crippen molar-refractivity contribution < 1.29 is 0 Å². The fourth-order valence-corrected chi connectivity index (χ4v) is 6.50. The second-order valence-corrected chi connectivity index (χ2v) is 8.87. The van der Waals surface area contributed by atoms with Gasteiger partial charge in [0, 0.05) is 4.47 Å². The molecule has 3 rings (SSSR count). The van der Waals surface area contributed by atoms with E-state index in [4.69, 9.17) is 0 Å². The Bertz CT molecular complexity index is 727. The molecule has 0 radical (unpaired) electrons. The van der Waals surface area contributed by atoms with Crippen LogP contribution < -0.4 is 15.9 Å². The summed E-state index contributed by atoms with van der Waals surface area (Å²) in [5.41, 5.74) is 1.42. The normalized spacial score (nSPS) is 11.2. The Morgan fingerprint density at radius 3 is 1.70 bits per heavy atom. The van der Waals surface area contributed by atoms with Crippen LogP contribution in [0.2, 0.25) is 0 Å². The van der Waals surface area contributed by atoms with E-state index in [1.807, 2.05) is 0 Å². The average molecular weight is 383 g/mol. The quantitative estimate of drug-likeness (QED) is 0.534. The Morgan fingerprint density at radius 1 is 0.696 bits per heavy atom. The highest BCUT2D eigenvalue weighted by molar-refractivity contribution is 9.10. The predicted molar refractivity (Wildman–Crippen MR) is 107 cm³/mol. The molecular formula is C21H20BrP. The Morgan fingerprint density at radius 2 is 1.22 bits per heavy atom. The Balaban J connectivity index is 2.24. The van der Waals surface area contributed by atoms with E-state index >= 15 is 0 Å². The van der Waals surface area contributed by atoms with E-state index in [1.165, 1.54) is 25.9 Å². The van der Waals surface area contributed by atoms with Crippen molar-refractivity contribution in [2.24, 2.45) is 0 Å². The molecule has 0 aliphatic heterocycles. The zero-order valence-corrected chi connectivity index (χ0v) is 15.9. The zero-order valence-electron chi connectivity index (χ0n) is 13.4. The fraction of sp³-hybridized carbons (Fsp3) is 0.143. The molecule has 3 aromatic carbocycles. The van der Waals surface area contributed by atoms with Gasteiger partial charge >= 0.3 is 0 Å². The molecule has 0 spiro atoms. The molecule has 0 unspecified atom stereocenters. The Labute approximate surface area is 148 Å². The Hall–Kier alpha value is -1.43. The van der Waals surface area contributed by atoms with Gasteiger partial charge in [0.1, 0.15) is 0 Å². The van der Waals surface area contributed by atoms with Crippen LogP contribution in [0, 0.1) is 0 Å². The molecule has 0 aromatic heterocycles. The van der Waals surface area contributed by atoms with Crippen LogP contribution in [-0.4, -0.2) is 0 Å². The molecule has 3 aromatic rings. The molecule has 23 heavy (non-hydrogen) atoms. The average Bonchev–Trinajstić information content (AvgIpc) is 2.57. The third-order valence-corrected chi connectivity index (χ3v) is 7.07. The summed E-state index contributed by atoms with van der Waals surface area (Å²) in [4.78, 5) is 0. The van der Waals surface area contributed by atoms with Gasteiger partial charge < -0.3 is 0 Å². The molecule has 0 amide bonds. The van der Waals surface area contributed by atoms with Crippen LogP contribution in [-0.2, 0) is 0 Å². The van der Waals surface area contributed by atoms with E-state index in [0.717, 1.165) is 0 Å². The summed E-state index contributed by atoms with van der Waals surface area (Å²) < 4.78 is 1.21. The number of hydrogen-bond acceptors (Lipinski definition) is 0. The first-order valence-corrected chi connectivity index (χ1v) is 10.0. The van der Waals surface area contributed by atoms with E-state index in [9.17, 15) is 0 Å². The number of hydrogen-bond donors (Lipinski definition) is 0. The Kier molecular flexibility index (Phi) is 5.30.